The number of fused-ring (bicyclic) bond motifs is 2. The standard InChI is InChI=1S/C20H24O3/c1-11-12-8-14-13-4-3-5-18(2,10-21)20(13)7-6-19(14,16(11)22)15(9-12)17(20)23/h4,10,12,14-16,22H,1,3,5-9H2,2H3/t12?,14?,15?,16-,18+,19-,20-/m1/s1. The predicted molar refractivity (Wildman–Crippen MR) is 85.4 cm³/mol. The van der Waals surface area contributed by atoms with Crippen LogP contribution in [0, 0.1) is 34.0 Å². The summed E-state index contributed by atoms with van der Waals surface area (Å²) in [5.74, 6) is 0.733. The molecule has 3 unspecified atom stereocenters. The third-order valence-corrected chi connectivity index (χ3v) is 8.52. The maximum absolute atomic E-state index is 13.6. The lowest BCUT2D eigenvalue weighted by Crippen LogP contribution is -2.73. The summed E-state index contributed by atoms with van der Waals surface area (Å²) < 4.78 is 0. The summed E-state index contributed by atoms with van der Waals surface area (Å²) in [4.78, 5) is 25.6. The molecule has 5 bridgehead atoms. The Morgan fingerprint density at radius 3 is 2.74 bits per heavy atom. The lowest BCUT2D eigenvalue weighted by atomic mass is 9.30. The van der Waals surface area contributed by atoms with Crippen LogP contribution in [-0.4, -0.2) is 23.3 Å². The van der Waals surface area contributed by atoms with Crippen LogP contribution in [-0.2, 0) is 9.59 Å². The van der Waals surface area contributed by atoms with E-state index in [2.05, 4.69) is 12.7 Å². The highest BCUT2D eigenvalue weighted by atomic mass is 16.3. The fourth-order valence-corrected chi connectivity index (χ4v) is 7.37. The molecule has 122 valence electrons. The fourth-order valence-electron chi connectivity index (χ4n) is 7.37. The summed E-state index contributed by atoms with van der Waals surface area (Å²) in [6, 6.07) is 0. The Kier molecular flexibility index (Phi) is 2.39. The fraction of sp³-hybridized carbons (Fsp3) is 0.700. The quantitative estimate of drug-likeness (QED) is 0.598. The van der Waals surface area contributed by atoms with Gasteiger partial charge in [0.15, 0.2) is 0 Å². The second-order valence-corrected chi connectivity index (χ2v) is 8.87. The number of allylic oxidation sites excluding steroid dienone is 2. The van der Waals surface area contributed by atoms with E-state index in [1.165, 1.54) is 5.57 Å². The van der Waals surface area contributed by atoms with Crippen molar-refractivity contribution in [1.29, 1.82) is 0 Å². The van der Waals surface area contributed by atoms with Gasteiger partial charge in [0.25, 0.3) is 0 Å². The number of aldehydes is 1. The van der Waals surface area contributed by atoms with Gasteiger partial charge in [0.1, 0.15) is 12.1 Å². The molecule has 0 aromatic carbocycles. The number of carbonyl (C=O) groups excluding carboxylic acids is 2. The van der Waals surface area contributed by atoms with Crippen molar-refractivity contribution in [2.75, 3.05) is 0 Å². The first-order valence-electron chi connectivity index (χ1n) is 9.00. The molecule has 6 fully saturated rings. The van der Waals surface area contributed by atoms with Gasteiger partial charge in [-0.3, -0.25) is 4.79 Å². The average Bonchev–Trinajstić information content (AvgIpc) is 2.56. The minimum atomic E-state index is -0.576. The smallest absolute Gasteiger partial charge is 0.147 e. The van der Waals surface area contributed by atoms with Gasteiger partial charge in [-0.2, -0.15) is 0 Å². The average molecular weight is 312 g/mol. The van der Waals surface area contributed by atoms with Crippen molar-refractivity contribution < 1.29 is 14.7 Å². The highest BCUT2D eigenvalue weighted by Gasteiger charge is 2.76. The number of Topliss-reactive ketones (excluding diaryl/α,β-unsaturated/α-hetero) is 1. The van der Waals surface area contributed by atoms with Gasteiger partial charge >= 0.3 is 0 Å². The van der Waals surface area contributed by atoms with Gasteiger partial charge in [0, 0.05) is 16.7 Å². The van der Waals surface area contributed by atoms with Crippen molar-refractivity contribution in [2.45, 2.75) is 51.6 Å². The Bertz CT molecular complexity index is 691. The largest absolute Gasteiger partial charge is 0.388 e. The Labute approximate surface area is 136 Å². The Morgan fingerprint density at radius 2 is 2.00 bits per heavy atom. The summed E-state index contributed by atoms with van der Waals surface area (Å²) in [7, 11) is 0. The van der Waals surface area contributed by atoms with Crippen LogP contribution >= 0.6 is 0 Å². The second-order valence-electron chi connectivity index (χ2n) is 8.87. The Morgan fingerprint density at radius 1 is 1.26 bits per heavy atom. The SMILES string of the molecule is C=C1C2CC3C(=O)[C@@]45CC[C@]3(C(C2)C4=CCC[C@@]5(C)C=O)[C@@H]1O. The Hall–Kier alpha value is -1.22. The first-order chi connectivity index (χ1) is 10.9. The van der Waals surface area contributed by atoms with Crippen LogP contribution in [0.1, 0.15) is 45.4 Å². The topological polar surface area (TPSA) is 54.4 Å². The molecular formula is C20H24O3. The number of aliphatic hydroxyl groups excluding tert-OH is 1. The molecule has 7 aliphatic rings. The minimum absolute atomic E-state index is 0.0741. The monoisotopic (exact) mass is 312 g/mol. The van der Waals surface area contributed by atoms with E-state index in [0.717, 1.165) is 50.4 Å². The van der Waals surface area contributed by atoms with Crippen LogP contribution in [0.5, 0.6) is 0 Å². The van der Waals surface area contributed by atoms with Crippen molar-refractivity contribution in [3.63, 3.8) is 0 Å². The van der Waals surface area contributed by atoms with Crippen LogP contribution in [0.2, 0.25) is 0 Å². The molecule has 7 aliphatic carbocycles. The molecule has 7 rings (SSSR count). The highest BCUT2D eigenvalue weighted by Crippen LogP contribution is 2.77. The van der Waals surface area contributed by atoms with Crippen molar-refractivity contribution in [3.8, 4) is 0 Å². The van der Waals surface area contributed by atoms with Gasteiger partial charge in [-0.05, 0) is 55.9 Å². The number of ketones is 1. The zero-order chi connectivity index (χ0) is 16.2. The predicted octanol–water partition coefficient (Wildman–Crippen LogP) is 2.83. The van der Waals surface area contributed by atoms with Gasteiger partial charge in [0.2, 0.25) is 0 Å². The van der Waals surface area contributed by atoms with Crippen LogP contribution in [0.25, 0.3) is 0 Å². The number of hydrogen-bond acceptors (Lipinski definition) is 3. The normalized spacial score (nSPS) is 56.3. The number of carbonyl (C=O) groups is 2. The van der Waals surface area contributed by atoms with Gasteiger partial charge in [-0.1, -0.05) is 25.2 Å². The molecule has 6 saturated carbocycles. The molecule has 0 amide bonds. The third kappa shape index (κ3) is 1.18. The molecule has 23 heavy (non-hydrogen) atoms. The molecule has 0 radical (unpaired) electrons. The maximum Gasteiger partial charge on any atom is 0.147 e. The highest BCUT2D eigenvalue weighted by molar-refractivity contribution is 5.98. The second kappa shape index (κ2) is 3.88. The molecule has 0 aliphatic heterocycles. The van der Waals surface area contributed by atoms with Gasteiger partial charge in [-0.15, -0.1) is 0 Å². The summed E-state index contributed by atoms with van der Waals surface area (Å²) in [5.41, 5.74) is 0.701. The molecular weight excluding hydrogens is 288 g/mol. The summed E-state index contributed by atoms with van der Waals surface area (Å²) in [5, 5.41) is 11.0. The van der Waals surface area contributed by atoms with E-state index >= 15 is 0 Å². The summed E-state index contributed by atoms with van der Waals surface area (Å²) in [6.07, 6.45) is 7.87. The van der Waals surface area contributed by atoms with E-state index in [1.54, 1.807) is 0 Å². The molecule has 0 aromatic heterocycles. The van der Waals surface area contributed by atoms with Crippen molar-refractivity contribution in [3.05, 3.63) is 23.8 Å². The maximum atomic E-state index is 13.6. The van der Waals surface area contributed by atoms with E-state index in [4.69, 9.17) is 0 Å². The number of hydrogen-bond donors (Lipinski definition) is 1. The van der Waals surface area contributed by atoms with Crippen molar-refractivity contribution in [1.82, 2.24) is 0 Å². The molecule has 0 heterocycles. The molecule has 3 heteroatoms. The number of aliphatic hydroxyl groups is 1. The first kappa shape index (κ1) is 14.2. The van der Waals surface area contributed by atoms with E-state index < -0.39 is 16.9 Å². The molecule has 1 N–H and O–H groups in total. The summed E-state index contributed by atoms with van der Waals surface area (Å²) >= 11 is 0. The van der Waals surface area contributed by atoms with Crippen LogP contribution in [0.15, 0.2) is 23.8 Å². The lowest BCUT2D eigenvalue weighted by Gasteiger charge is -2.73. The number of rotatable bonds is 1. The summed E-state index contributed by atoms with van der Waals surface area (Å²) in [6.45, 7) is 6.15. The first-order valence-corrected chi connectivity index (χ1v) is 9.00. The van der Waals surface area contributed by atoms with Gasteiger partial charge in [0.05, 0.1) is 11.5 Å². The van der Waals surface area contributed by atoms with E-state index in [-0.39, 0.29) is 29.0 Å². The molecule has 3 nitrogen and oxygen atoms in total. The van der Waals surface area contributed by atoms with E-state index in [1.807, 2.05) is 6.92 Å². The van der Waals surface area contributed by atoms with Crippen molar-refractivity contribution in [2.24, 2.45) is 34.0 Å². The zero-order valence-electron chi connectivity index (χ0n) is 13.7. The minimum Gasteiger partial charge on any atom is -0.388 e. The van der Waals surface area contributed by atoms with Crippen LogP contribution in [0.4, 0.5) is 0 Å². The van der Waals surface area contributed by atoms with E-state index in [9.17, 15) is 14.7 Å². The van der Waals surface area contributed by atoms with Crippen molar-refractivity contribution >= 4 is 12.1 Å². The lowest BCUT2D eigenvalue weighted by molar-refractivity contribution is -0.204. The van der Waals surface area contributed by atoms with Crippen LogP contribution < -0.4 is 0 Å². The third-order valence-electron chi connectivity index (χ3n) is 8.52. The molecule has 2 spiro atoms. The molecule has 0 saturated heterocycles. The van der Waals surface area contributed by atoms with Gasteiger partial charge in [-0.25, -0.2) is 0 Å². The zero-order valence-corrected chi connectivity index (χ0v) is 13.7. The van der Waals surface area contributed by atoms with E-state index in [0.29, 0.717) is 0 Å². The molecule has 0 aromatic rings. The molecule has 7 atom stereocenters. The Balaban J connectivity index is 1.78. The van der Waals surface area contributed by atoms with Crippen LogP contribution in [0.3, 0.4) is 0 Å². The van der Waals surface area contributed by atoms with Gasteiger partial charge < -0.3 is 9.90 Å².